The van der Waals surface area contributed by atoms with Crippen molar-refractivity contribution >= 4 is 0 Å². The largest absolute Gasteiger partial charge is 0.467 e. The minimum absolute atomic E-state index is 0.486. The molecule has 0 unspecified atom stereocenters. The highest BCUT2D eigenvalue weighted by molar-refractivity contribution is 5.12. The molecule has 0 N–H and O–H groups in total. The molecule has 12 heavy (non-hydrogen) atoms. The maximum atomic E-state index is 4.95. The molecule has 1 fully saturated rings. The minimum atomic E-state index is 0.486. The third kappa shape index (κ3) is 1.26. The second kappa shape index (κ2) is 3.09. The van der Waals surface area contributed by atoms with Crippen molar-refractivity contribution in [2.24, 2.45) is 0 Å². The van der Waals surface area contributed by atoms with Crippen molar-refractivity contribution < 1.29 is 4.74 Å². The summed E-state index contributed by atoms with van der Waals surface area (Å²) in [7, 11) is 1.60. The molecule has 0 radical (unpaired) electrons. The van der Waals surface area contributed by atoms with Gasteiger partial charge in [-0.25, -0.2) is 4.98 Å². The zero-order valence-corrected chi connectivity index (χ0v) is 7.16. The number of hydrogen-bond acceptors (Lipinski definition) is 3. The SMILES string of the molecule is COc1nccc(C2CCC2)n1. The molecule has 0 bridgehead atoms. The number of rotatable bonds is 2. The fourth-order valence-electron chi connectivity index (χ4n) is 1.38. The molecule has 64 valence electrons. The normalized spacial score (nSPS) is 17.1. The van der Waals surface area contributed by atoms with Crippen LogP contribution in [0.5, 0.6) is 6.01 Å². The van der Waals surface area contributed by atoms with Gasteiger partial charge in [0, 0.05) is 12.1 Å². The predicted molar refractivity (Wildman–Crippen MR) is 45.2 cm³/mol. The Kier molecular flexibility index (Phi) is 1.94. The van der Waals surface area contributed by atoms with Gasteiger partial charge in [0.15, 0.2) is 0 Å². The molecule has 0 saturated heterocycles. The maximum Gasteiger partial charge on any atom is 0.316 e. The number of nitrogens with zero attached hydrogens (tertiary/aromatic N) is 2. The molecule has 2 rings (SSSR count). The van der Waals surface area contributed by atoms with E-state index in [1.807, 2.05) is 6.07 Å². The zero-order valence-electron chi connectivity index (χ0n) is 7.16. The van der Waals surface area contributed by atoms with Crippen molar-refractivity contribution in [3.8, 4) is 6.01 Å². The summed E-state index contributed by atoms with van der Waals surface area (Å²) in [5, 5.41) is 0. The molecule has 1 saturated carbocycles. The number of aromatic nitrogens is 2. The molecule has 1 aliphatic rings. The van der Waals surface area contributed by atoms with Gasteiger partial charge in [0.2, 0.25) is 0 Å². The highest BCUT2D eigenvalue weighted by atomic mass is 16.5. The lowest BCUT2D eigenvalue weighted by Crippen LogP contribution is -2.11. The molecular weight excluding hydrogens is 152 g/mol. The van der Waals surface area contributed by atoms with E-state index in [4.69, 9.17) is 4.74 Å². The first-order chi connectivity index (χ1) is 5.90. The molecular formula is C9H12N2O. The molecule has 1 aliphatic carbocycles. The molecule has 1 heterocycles. The fourth-order valence-corrected chi connectivity index (χ4v) is 1.38. The predicted octanol–water partition coefficient (Wildman–Crippen LogP) is 1.75. The van der Waals surface area contributed by atoms with E-state index in [2.05, 4.69) is 9.97 Å². The summed E-state index contributed by atoms with van der Waals surface area (Å²) < 4.78 is 4.95. The van der Waals surface area contributed by atoms with Gasteiger partial charge in [0.25, 0.3) is 0 Å². The van der Waals surface area contributed by atoms with Gasteiger partial charge in [-0.2, -0.15) is 4.98 Å². The summed E-state index contributed by atoms with van der Waals surface area (Å²) in [4.78, 5) is 8.25. The Bertz CT molecular complexity index is 271. The van der Waals surface area contributed by atoms with Gasteiger partial charge in [-0.1, -0.05) is 6.42 Å². The molecule has 1 aromatic heterocycles. The lowest BCUT2D eigenvalue weighted by atomic mass is 9.83. The van der Waals surface area contributed by atoms with Crippen molar-refractivity contribution in [3.05, 3.63) is 18.0 Å². The lowest BCUT2D eigenvalue weighted by Gasteiger charge is -2.24. The monoisotopic (exact) mass is 164 g/mol. The summed E-state index contributed by atoms with van der Waals surface area (Å²) in [6.45, 7) is 0. The average Bonchev–Trinajstić information content (AvgIpc) is 2.02. The first-order valence-corrected chi connectivity index (χ1v) is 4.27. The first kappa shape index (κ1) is 7.53. The Balaban J connectivity index is 2.19. The van der Waals surface area contributed by atoms with Gasteiger partial charge in [-0.3, -0.25) is 0 Å². The van der Waals surface area contributed by atoms with Crippen LogP contribution in [0.1, 0.15) is 30.9 Å². The topological polar surface area (TPSA) is 35.0 Å². The first-order valence-electron chi connectivity index (χ1n) is 4.27. The highest BCUT2D eigenvalue weighted by Crippen LogP contribution is 2.35. The summed E-state index contributed by atoms with van der Waals surface area (Å²) >= 11 is 0. The van der Waals surface area contributed by atoms with Crippen molar-refractivity contribution in [1.82, 2.24) is 9.97 Å². The van der Waals surface area contributed by atoms with E-state index >= 15 is 0 Å². The number of hydrogen-bond donors (Lipinski definition) is 0. The second-order valence-electron chi connectivity index (χ2n) is 3.10. The Morgan fingerprint density at radius 1 is 1.50 bits per heavy atom. The van der Waals surface area contributed by atoms with Crippen LogP contribution >= 0.6 is 0 Å². The van der Waals surface area contributed by atoms with Crippen LogP contribution in [-0.4, -0.2) is 17.1 Å². The molecule has 0 atom stereocenters. The Labute approximate surface area is 71.8 Å². The standard InChI is InChI=1S/C9H12N2O/c1-12-9-10-6-5-8(11-9)7-3-2-4-7/h5-7H,2-4H2,1H3. The summed E-state index contributed by atoms with van der Waals surface area (Å²) in [5.41, 5.74) is 1.13. The van der Waals surface area contributed by atoms with Crippen LogP contribution < -0.4 is 4.74 Å². The summed E-state index contributed by atoms with van der Waals surface area (Å²) in [6, 6.07) is 2.46. The molecule has 0 spiro atoms. The van der Waals surface area contributed by atoms with Crippen LogP contribution in [-0.2, 0) is 0 Å². The minimum Gasteiger partial charge on any atom is -0.467 e. The van der Waals surface area contributed by atoms with Crippen LogP contribution in [0.4, 0.5) is 0 Å². The van der Waals surface area contributed by atoms with E-state index in [0.717, 1.165) is 5.69 Å². The number of methoxy groups -OCH3 is 1. The van der Waals surface area contributed by atoms with Crippen molar-refractivity contribution in [3.63, 3.8) is 0 Å². The summed E-state index contributed by atoms with van der Waals surface area (Å²) in [5.74, 6) is 0.655. The molecule has 3 heteroatoms. The molecule has 0 aromatic carbocycles. The van der Waals surface area contributed by atoms with Gasteiger partial charge >= 0.3 is 6.01 Å². The fraction of sp³-hybridized carbons (Fsp3) is 0.556. The van der Waals surface area contributed by atoms with E-state index < -0.39 is 0 Å². The van der Waals surface area contributed by atoms with Crippen molar-refractivity contribution in [2.75, 3.05) is 7.11 Å². The van der Waals surface area contributed by atoms with Gasteiger partial charge in [-0.05, 0) is 18.9 Å². The Hall–Kier alpha value is -1.12. The molecule has 0 aliphatic heterocycles. The molecule has 3 nitrogen and oxygen atoms in total. The Morgan fingerprint density at radius 3 is 2.92 bits per heavy atom. The van der Waals surface area contributed by atoms with Gasteiger partial charge in [0.1, 0.15) is 0 Å². The highest BCUT2D eigenvalue weighted by Gasteiger charge is 2.20. The van der Waals surface area contributed by atoms with Gasteiger partial charge in [-0.15, -0.1) is 0 Å². The van der Waals surface area contributed by atoms with Crippen LogP contribution in [0, 0.1) is 0 Å². The van der Waals surface area contributed by atoms with E-state index in [9.17, 15) is 0 Å². The Morgan fingerprint density at radius 2 is 2.33 bits per heavy atom. The third-order valence-electron chi connectivity index (χ3n) is 2.36. The van der Waals surface area contributed by atoms with Crippen LogP contribution in [0.15, 0.2) is 12.3 Å². The van der Waals surface area contributed by atoms with Crippen LogP contribution in [0.2, 0.25) is 0 Å². The zero-order chi connectivity index (χ0) is 8.39. The van der Waals surface area contributed by atoms with E-state index in [0.29, 0.717) is 11.9 Å². The van der Waals surface area contributed by atoms with Crippen molar-refractivity contribution in [1.29, 1.82) is 0 Å². The van der Waals surface area contributed by atoms with Gasteiger partial charge < -0.3 is 4.74 Å². The molecule has 1 aromatic rings. The van der Waals surface area contributed by atoms with Crippen molar-refractivity contribution in [2.45, 2.75) is 25.2 Å². The average molecular weight is 164 g/mol. The lowest BCUT2D eigenvalue weighted by molar-refractivity contribution is 0.364. The molecule has 0 amide bonds. The summed E-state index contributed by atoms with van der Waals surface area (Å²) in [6.07, 6.45) is 5.62. The second-order valence-corrected chi connectivity index (χ2v) is 3.10. The quantitative estimate of drug-likeness (QED) is 0.668. The van der Waals surface area contributed by atoms with Gasteiger partial charge in [0.05, 0.1) is 12.8 Å². The third-order valence-corrected chi connectivity index (χ3v) is 2.36. The van der Waals surface area contributed by atoms with Crippen LogP contribution in [0.25, 0.3) is 0 Å². The number of ether oxygens (including phenoxy) is 1. The van der Waals surface area contributed by atoms with E-state index in [1.54, 1.807) is 13.3 Å². The maximum absolute atomic E-state index is 4.95. The van der Waals surface area contributed by atoms with Crippen LogP contribution in [0.3, 0.4) is 0 Å². The smallest absolute Gasteiger partial charge is 0.316 e. The van der Waals surface area contributed by atoms with E-state index in [1.165, 1.54) is 19.3 Å². The van der Waals surface area contributed by atoms with E-state index in [-0.39, 0.29) is 0 Å².